The smallest absolute Gasteiger partial charge is 0.410 e. The summed E-state index contributed by atoms with van der Waals surface area (Å²) >= 11 is 0. The van der Waals surface area contributed by atoms with Crippen LogP contribution >= 0.6 is 0 Å². The maximum absolute atomic E-state index is 12.1. The van der Waals surface area contributed by atoms with Crippen LogP contribution in [0.3, 0.4) is 0 Å². The Morgan fingerprint density at radius 2 is 1.96 bits per heavy atom. The number of rotatable bonds is 2. The molecule has 1 aromatic carbocycles. The van der Waals surface area contributed by atoms with Crippen LogP contribution in [0, 0.1) is 6.92 Å². The van der Waals surface area contributed by atoms with Gasteiger partial charge >= 0.3 is 6.09 Å². The van der Waals surface area contributed by atoms with Crippen LogP contribution in [-0.4, -0.2) is 40.7 Å². The Balaban J connectivity index is 1.55. The lowest BCUT2D eigenvalue weighted by atomic mass is 10.0. The van der Waals surface area contributed by atoms with Gasteiger partial charge in [0.15, 0.2) is 0 Å². The van der Waals surface area contributed by atoms with Crippen molar-refractivity contribution in [1.29, 1.82) is 0 Å². The molecule has 24 heavy (non-hydrogen) atoms. The normalized spacial score (nSPS) is 16.4. The Bertz CT molecular complexity index is 722. The summed E-state index contributed by atoms with van der Waals surface area (Å²) in [5.41, 5.74) is 3.04. The molecular formula is C19H27N3O2. The van der Waals surface area contributed by atoms with Crippen LogP contribution in [0.2, 0.25) is 0 Å². The van der Waals surface area contributed by atoms with Crippen molar-refractivity contribution < 1.29 is 9.53 Å². The van der Waals surface area contributed by atoms with Gasteiger partial charge in [-0.3, -0.25) is 0 Å². The molecule has 0 spiro atoms. The number of carbonyl (C=O) groups excluding carboxylic acids is 1. The zero-order valence-electron chi connectivity index (χ0n) is 15.0. The average Bonchev–Trinajstić information content (AvgIpc) is 2.85. The number of fused-ring (bicyclic) bond motifs is 1. The van der Waals surface area contributed by atoms with E-state index >= 15 is 0 Å². The van der Waals surface area contributed by atoms with Gasteiger partial charge in [0.05, 0.1) is 0 Å². The number of aromatic amines is 1. The Morgan fingerprint density at radius 1 is 1.25 bits per heavy atom. The van der Waals surface area contributed by atoms with Crippen LogP contribution in [-0.2, 0) is 4.74 Å². The van der Waals surface area contributed by atoms with Crippen LogP contribution in [0.4, 0.5) is 10.5 Å². The van der Waals surface area contributed by atoms with Crippen LogP contribution in [0.5, 0.6) is 0 Å². The van der Waals surface area contributed by atoms with Crippen molar-refractivity contribution in [2.75, 3.05) is 18.4 Å². The number of hydrogen-bond acceptors (Lipinski definition) is 3. The minimum Gasteiger partial charge on any atom is -0.444 e. The standard InChI is InChI=1S/C19H27N3O2/c1-13-11-14-12-16(5-6-17(14)20-13)21-15-7-9-22(10-8-15)18(23)24-19(2,3)4/h5-6,11-12,15,20-21H,7-10H2,1-4H3. The number of carbonyl (C=O) groups is 1. The monoisotopic (exact) mass is 329 g/mol. The molecule has 0 radical (unpaired) electrons. The van der Waals surface area contributed by atoms with E-state index in [4.69, 9.17) is 4.74 Å². The maximum Gasteiger partial charge on any atom is 0.410 e. The van der Waals surface area contributed by atoms with Gasteiger partial charge in [-0.05, 0) is 64.8 Å². The Kier molecular flexibility index (Phi) is 4.43. The number of benzene rings is 1. The SMILES string of the molecule is Cc1cc2cc(NC3CCN(C(=O)OC(C)(C)C)CC3)ccc2[nH]1. The van der Waals surface area contributed by atoms with Gasteiger partial charge in [0.25, 0.3) is 0 Å². The largest absolute Gasteiger partial charge is 0.444 e. The zero-order valence-corrected chi connectivity index (χ0v) is 15.0. The molecule has 0 saturated carbocycles. The predicted octanol–water partition coefficient (Wildman–Crippen LogP) is 4.29. The predicted molar refractivity (Wildman–Crippen MR) is 97.5 cm³/mol. The third-order valence-electron chi connectivity index (χ3n) is 4.27. The minimum atomic E-state index is -0.434. The molecule has 0 aliphatic carbocycles. The number of ether oxygens (including phenoxy) is 1. The third kappa shape index (κ3) is 4.02. The van der Waals surface area contributed by atoms with Crippen LogP contribution < -0.4 is 5.32 Å². The van der Waals surface area contributed by atoms with Gasteiger partial charge in [-0.25, -0.2) is 4.79 Å². The second kappa shape index (κ2) is 6.38. The van der Waals surface area contributed by atoms with Crippen LogP contribution in [0.1, 0.15) is 39.3 Å². The van der Waals surface area contributed by atoms with Gasteiger partial charge in [0, 0.05) is 41.4 Å². The van der Waals surface area contributed by atoms with E-state index in [2.05, 4.69) is 41.5 Å². The van der Waals surface area contributed by atoms with Gasteiger partial charge < -0.3 is 19.9 Å². The topological polar surface area (TPSA) is 57.4 Å². The lowest BCUT2D eigenvalue weighted by Crippen LogP contribution is -2.44. The Labute approximate surface area is 143 Å². The highest BCUT2D eigenvalue weighted by Crippen LogP contribution is 2.23. The number of nitrogens with zero attached hydrogens (tertiary/aromatic N) is 1. The molecule has 2 N–H and O–H groups in total. The second-order valence-corrected chi connectivity index (χ2v) is 7.64. The summed E-state index contributed by atoms with van der Waals surface area (Å²) in [5.74, 6) is 0. The van der Waals surface area contributed by atoms with E-state index in [9.17, 15) is 4.79 Å². The summed E-state index contributed by atoms with van der Waals surface area (Å²) in [7, 11) is 0. The van der Waals surface area contributed by atoms with E-state index in [0.29, 0.717) is 6.04 Å². The van der Waals surface area contributed by atoms with E-state index in [1.54, 1.807) is 0 Å². The molecule has 1 aliphatic heterocycles. The number of piperidine rings is 1. The van der Waals surface area contributed by atoms with Crippen LogP contribution in [0.25, 0.3) is 10.9 Å². The van der Waals surface area contributed by atoms with E-state index in [1.807, 2.05) is 25.7 Å². The molecule has 5 heteroatoms. The van der Waals surface area contributed by atoms with Crippen molar-refractivity contribution >= 4 is 22.7 Å². The van der Waals surface area contributed by atoms with Crippen molar-refractivity contribution in [3.05, 3.63) is 30.0 Å². The molecule has 0 atom stereocenters. The molecule has 130 valence electrons. The number of aryl methyl sites for hydroxylation is 1. The fourth-order valence-electron chi connectivity index (χ4n) is 3.14. The summed E-state index contributed by atoms with van der Waals surface area (Å²) in [5, 5.41) is 4.82. The second-order valence-electron chi connectivity index (χ2n) is 7.64. The molecule has 2 heterocycles. The fraction of sp³-hybridized carbons (Fsp3) is 0.526. The van der Waals surface area contributed by atoms with E-state index < -0.39 is 5.60 Å². The van der Waals surface area contributed by atoms with Crippen molar-refractivity contribution in [1.82, 2.24) is 9.88 Å². The number of amides is 1. The molecule has 1 amide bonds. The van der Waals surface area contributed by atoms with Crippen molar-refractivity contribution in [3.8, 4) is 0 Å². The summed E-state index contributed by atoms with van der Waals surface area (Å²) in [6, 6.07) is 8.95. The first-order valence-corrected chi connectivity index (χ1v) is 8.64. The molecule has 3 rings (SSSR count). The number of hydrogen-bond donors (Lipinski definition) is 2. The minimum absolute atomic E-state index is 0.204. The van der Waals surface area contributed by atoms with E-state index in [-0.39, 0.29) is 6.09 Å². The average molecular weight is 329 g/mol. The third-order valence-corrected chi connectivity index (χ3v) is 4.27. The molecule has 2 aromatic rings. The molecular weight excluding hydrogens is 302 g/mol. The summed E-state index contributed by atoms with van der Waals surface area (Å²) in [6.07, 6.45) is 1.66. The molecule has 0 bridgehead atoms. The van der Waals surface area contributed by atoms with E-state index in [0.717, 1.165) is 37.1 Å². The lowest BCUT2D eigenvalue weighted by Gasteiger charge is -2.34. The number of anilines is 1. The van der Waals surface area contributed by atoms with Gasteiger partial charge in [-0.15, -0.1) is 0 Å². The lowest BCUT2D eigenvalue weighted by molar-refractivity contribution is 0.0210. The Hall–Kier alpha value is -2.17. The van der Waals surface area contributed by atoms with Gasteiger partial charge in [-0.2, -0.15) is 0 Å². The summed E-state index contributed by atoms with van der Waals surface area (Å²) < 4.78 is 5.44. The quantitative estimate of drug-likeness (QED) is 0.864. The molecule has 1 saturated heterocycles. The molecule has 1 aromatic heterocycles. The zero-order chi connectivity index (χ0) is 17.3. The Morgan fingerprint density at radius 3 is 2.62 bits per heavy atom. The highest BCUT2D eigenvalue weighted by molar-refractivity contribution is 5.84. The number of likely N-dealkylation sites (tertiary alicyclic amines) is 1. The van der Waals surface area contributed by atoms with E-state index in [1.165, 1.54) is 11.1 Å². The summed E-state index contributed by atoms with van der Waals surface area (Å²) in [6.45, 7) is 9.24. The molecule has 5 nitrogen and oxygen atoms in total. The summed E-state index contributed by atoms with van der Waals surface area (Å²) in [4.78, 5) is 17.3. The van der Waals surface area contributed by atoms with Gasteiger partial charge in [0.1, 0.15) is 5.60 Å². The van der Waals surface area contributed by atoms with Crippen molar-refractivity contribution in [3.63, 3.8) is 0 Å². The highest BCUT2D eigenvalue weighted by atomic mass is 16.6. The van der Waals surface area contributed by atoms with Crippen molar-refractivity contribution in [2.24, 2.45) is 0 Å². The molecule has 0 unspecified atom stereocenters. The first kappa shape index (κ1) is 16.7. The fourth-order valence-corrected chi connectivity index (χ4v) is 3.14. The van der Waals surface area contributed by atoms with Gasteiger partial charge in [0.2, 0.25) is 0 Å². The number of aromatic nitrogens is 1. The maximum atomic E-state index is 12.1. The highest BCUT2D eigenvalue weighted by Gasteiger charge is 2.26. The van der Waals surface area contributed by atoms with Crippen LogP contribution in [0.15, 0.2) is 24.3 Å². The number of nitrogens with one attached hydrogen (secondary N) is 2. The first-order chi connectivity index (χ1) is 11.3. The molecule has 1 aliphatic rings. The first-order valence-electron chi connectivity index (χ1n) is 8.64. The van der Waals surface area contributed by atoms with Gasteiger partial charge in [-0.1, -0.05) is 0 Å². The number of H-pyrrole nitrogens is 1. The van der Waals surface area contributed by atoms with Crippen molar-refractivity contribution in [2.45, 2.75) is 52.2 Å². The molecule has 1 fully saturated rings.